The van der Waals surface area contributed by atoms with E-state index in [0.29, 0.717) is 37.7 Å². The molecule has 1 unspecified atom stereocenters. The topological polar surface area (TPSA) is 73.6 Å². The highest BCUT2D eigenvalue weighted by Gasteiger charge is 2.38. The zero-order valence-electron chi connectivity index (χ0n) is 11.0. The Morgan fingerprint density at radius 1 is 1.40 bits per heavy atom. The maximum atomic E-state index is 12.4. The first-order chi connectivity index (χ1) is 9.58. The first kappa shape index (κ1) is 13.7. The Morgan fingerprint density at radius 2 is 2.15 bits per heavy atom. The second kappa shape index (κ2) is 5.24. The standard InChI is InChI=1S/C14H17ClN2O3/c15-9-1-2-12-10(7-9)11(8-20-12)17-13(18)14(16)3-5-19-6-4-14/h1-2,7,11H,3-6,8,16H2,(H,17,18). The van der Waals surface area contributed by atoms with Gasteiger partial charge in [0.2, 0.25) is 5.91 Å². The zero-order valence-corrected chi connectivity index (χ0v) is 11.8. The van der Waals surface area contributed by atoms with E-state index in [1.54, 1.807) is 6.07 Å². The number of halogens is 1. The molecule has 0 radical (unpaired) electrons. The van der Waals surface area contributed by atoms with Crippen LogP contribution in [-0.2, 0) is 9.53 Å². The van der Waals surface area contributed by atoms with E-state index in [9.17, 15) is 4.79 Å². The molecule has 0 bridgehead atoms. The van der Waals surface area contributed by atoms with Crippen LogP contribution in [0, 0.1) is 0 Å². The van der Waals surface area contributed by atoms with Gasteiger partial charge in [-0.05, 0) is 31.0 Å². The molecule has 3 N–H and O–H groups in total. The van der Waals surface area contributed by atoms with Gasteiger partial charge in [0.05, 0.1) is 11.6 Å². The van der Waals surface area contributed by atoms with Crippen LogP contribution in [-0.4, -0.2) is 31.3 Å². The molecule has 3 rings (SSSR count). The highest BCUT2D eigenvalue weighted by molar-refractivity contribution is 6.30. The maximum absolute atomic E-state index is 12.4. The van der Waals surface area contributed by atoms with Crippen LogP contribution >= 0.6 is 11.6 Å². The number of fused-ring (bicyclic) bond motifs is 1. The Morgan fingerprint density at radius 3 is 2.90 bits per heavy atom. The Balaban J connectivity index is 1.73. The van der Waals surface area contributed by atoms with Crippen molar-refractivity contribution in [3.05, 3.63) is 28.8 Å². The summed E-state index contributed by atoms with van der Waals surface area (Å²) in [6.07, 6.45) is 1.07. The molecule has 1 fully saturated rings. The van der Waals surface area contributed by atoms with Crippen molar-refractivity contribution in [2.75, 3.05) is 19.8 Å². The van der Waals surface area contributed by atoms with Crippen LogP contribution < -0.4 is 15.8 Å². The molecule has 1 saturated heterocycles. The minimum Gasteiger partial charge on any atom is -0.491 e. The molecule has 1 aromatic rings. The molecule has 0 spiro atoms. The molecular weight excluding hydrogens is 280 g/mol. The van der Waals surface area contributed by atoms with Gasteiger partial charge in [-0.2, -0.15) is 0 Å². The SMILES string of the molecule is NC1(C(=O)NC2COc3ccc(Cl)cc32)CCOCC1. The Bertz CT molecular complexity index is 529. The van der Waals surface area contributed by atoms with Crippen molar-refractivity contribution in [1.29, 1.82) is 0 Å². The average molecular weight is 297 g/mol. The van der Waals surface area contributed by atoms with Crippen LogP contribution in [0.1, 0.15) is 24.4 Å². The number of nitrogens with one attached hydrogen (secondary N) is 1. The molecule has 1 atom stereocenters. The quantitative estimate of drug-likeness (QED) is 0.865. The van der Waals surface area contributed by atoms with E-state index >= 15 is 0 Å². The number of ether oxygens (including phenoxy) is 2. The summed E-state index contributed by atoms with van der Waals surface area (Å²) in [4.78, 5) is 12.4. The van der Waals surface area contributed by atoms with Crippen molar-refractivity contribution in [2.24, 2.45) is 5.73 Å². The van der Waals surface area contributed by atoms with Crippen LogP contribution in [0.4, 0.5) is 0 Å². The van der Waals surface area contributed by atoms with Crippen LogP contribution in [0.5, 0.6) is 5.75 Å². The highest BCUT2D eigenvalue weighted by Crippen LogP contribution is 2.34. The van der Waals surface area contributed by atoms with Gasteiger partial charge in [-0.25, -0.2) is 0 Å². The van der Waals surface area contributed by atoms with Crippen LogP contribution in [0.3, 0.4) is 0 Å². The van der Waals surface area contributed by atoms with Crippen molar-refractivity contribution in [3.63, 3.8) is 0 Å². The first-order valence-corrected chi connectivity index (χ1v) is 7.06. The predicted octanol–water partition coefficient (Wildman–Crippen LogP) is 1.40. The Labute approximate surface area is 122 Å². The van der Waals surface area contributed by atoms with Gasteiger partial charge < -0.3 is 20.5 Å². The largest absolute Gasteiger partial charge is 0.491 e. The van der Waals surface area contributed by atoms with Gasteiger partial charge in [-0.15, -0.1) is 0 Å². The molecule has 6 heteroatoms. The maximum Gasteiger partial charge on any atom is 0.240 e. The van der Waals surface area contributed by atoms with Crippen molar-refractivity contribution in [1.82, 2.24) is 5.32 Å². The van der Waals surface area contributed by atoms with Gasteiger partial charge in [0.1, 0.15) is 12.4 Å². The van der Waals surface area contributed by atoms with Crippen LogP contribution in [0.25, 0.3) is 0 Å². The summed E-state index contributed by atoms with van der Waals surface area (Å²) in [5, 5.41) is 3.60. The van der Waals surface area contributed by atoms with Gasteiger partial charge in [-0.3, -0.25) is 4.79 Å². The molecule has 2 heterocycles. The summed E-state index contributed by atoms with van der Waals surface area (Å²) in [5.74, 6) is 0.611. The molecule has 1 aromatic carbocycles. The van der Waals surface area contributed by atoms with Crippen molar-refractivity contribution < 1.29 is 14.3 Å². The minimum atomic E-state index is -0.848. The second-order valence-corrected chi connectivity index (χ2v) is 5.72. The fraction of sp³-hybridized carbons (Fsp3) is 0.500. The lowest BCUT2D eigenvalue weighted by atomic mass is 9.90. The number of nitrogens with two attached hydrogens (primary N) is 1. The number of carbonyl (C=O) groups is 1. The zero-order chi connectivity index (χ0) is 14.2. The summed E-state index contributed by atoms with van der Waals surface area (Å²) in [6.45, 7) is 1.45. The van der Waals surface area contributed by atoms with Crippen molar-refractivity contribution in [2.45, 2.75) is 24.4 Å². The molecule has 0 saturated carbocycles. The average Bonchev–Trinajstić information content (AvgIpc) is 2.82. The lowest BCUT2D eigenvalue weighted by Crippen LogP contribution is -2.57. The van der Waals surface area contributed by atoms with E-state index in [0.717, 1.165) is 11.3 Å². The number of carbonyl (C=O) groups excluding carboxylic acids is 1. The van der Waals surface area contributed by atoms with Crippen molar-refractivity contribution in [3.8, 4) is 5.75 Å². The molecule has 108 valence electrons. The van der Waals surface area contributed by atoms with Crippen LogP contribution in [0.2, 0.25) is 5.02 Å². The lowest BCUT2D eigenvalue weighted by molar-refractivity contribution is -0.130. The predicted molar refractivity (Wildman–Crippen MR) is 74.8 cm³/mol. The van der Waals surface area contributed by atoms with Gasteiger partial charge in [-0.1, -0.05) is 11.6 Å². The van der Waals surface area contributed by atoms with Gasteiger partial charge >= 0.3 is 0 Å². The van der Waals surface area contributed by atoms with Gasteiger partial charge in [0.15, 0.2) is 0 Å². The van der Waals surface area contributed by atoms with E-state index < -0.39 is 5.54 Å². The van der Waals surface area contributed by atoms with E-state index in [1.807, 2.05) is 12.1 Å². The van der Waals surface area contributed by atoms with Gasteiger partial charge in [0, 0.05) is 23.8 Å². The number of amides is 1. The Hall–Kier alpha value is -1.30. The highest BCUT2D eigenvalue weighted by atomic mass is 35.5. The van der Waals surface area contributed by atoms with Crippen LogP contribution in [0.15, 0.2) is 18.2 Å². The van der Waals surface area contributed by atoms with E-state index in [2.05, 4.69) is 5.32 Å². The number of hydrogen-bond donors (Lipinski definition) is 2. The molecule has 2 aliphatic heterocycles. The summed E-state index contributed by atoms with van der Waals surface area (Å²) in [6, 6.07) is 5.21. The third kappa shape index (κ3) is 2.49. The number of hydrogen-bond acceptors (Lipinski definition) is 4. The third-order valence-electron chi connectivity index (χ3n) is 3.90. The number of rotatable bonds is 2. The van der Waals surface area contributed by atoms with E-state index in [4.69, 9.17) is 26.8 Å². The van der Waals surface area contributed by atoms with Gasteiger partial charge in [0.25, 0.3) is 0 Å². The fourth-order valence-electron chi connectivity index (χ4n) is 2.57. The molecule has 0 aliphatic carbocycles. The normalized spacial score (nSPS) is 23.8. The summed E-state index contributed by atoms with van der Waals surface area (Å²) >= 11 is 5.99. The minimum absolute atomic E-state index is 0.151. The lowest BCUT2D eigenvalue weighted by Gasteiger charge is -2.32. The molecule has 2 aliphatic rings. The third-order valence-corrected chi connectivity index (χ3v) is 4.13. The first-order valence-electron chi connectivity index (χ1n) is 6.68. The van der Waals surface area contributed by atoms with E-state index in [1.165, 1.54) is 0 Å². The molecule has 0 aromatic heterocycles. The Kier molecular flexibility index (Phi) is 3.58. The fourth-order valence-corrected chi connectivity index (χ4v) is 2.75. The monoisotopic (exact) mass is 296 g/mol. The van der Waals surface area contributed by atoms with Crippen molar-refractivity contribution >= 4 is 17.5 Å². The summed E-state index contributed by atoms with van der Waals surface area (Å²) in [7, 11) is 0. The summed E-state index contributed by atoms with van der Waals surface area (Å²) < 4.78 is 10.8. The molecule has 1 amide bonds. The smallest absolute Gasteiger partial charge is 0.240 e. The molecule has 20 heavy (non-hydrogen) atoms. The van der Waals surface area contributed by atoms with E-state index in [-0.39, 0.29) is 11.9 Å². The molecular formula is C14H17ClN2O3. The second-order valence-electron chi connectivity index (χ2n) is 5.29. The number of benzene rings is 1. The summed E-state index contributed by atoms with van der Waals surface area (Å²) in [5.41, 5.74) is 6.23. The molecule has 5 nitrogen and oxygen atoms in total.